The number of methoxy groups -OCH3 is 1. The summed E-state index contributed by atoms with van der Waals surface area (Å²) in [5.41, 5.74) is 3.47. The van der Waals surface area contributed by atoms with Crippen molar-refractivity contribution in [3.8, 4) is 11.3 Å². The maximum atomic E-state index is 12.4. The maximum absolute atomic E-state index is 12.4. The molecule has 1 aromatic carbocycles. The van der Waals surface area contributed by atoms with E-state index in [1.165, 1.54) is 6.20 Å². The summed E-state index contributed by atoms with van der Waals surface area (Å²) in [4.78, 5) is 16.9. The third-order valence-electron chi connectivity index (χ3n) is 4.00. The number of ether oxygens (including phenoxy) is 2. The number of anilines is 1. The fourth-order valence-corrected chi connectivity index (χ4v) is 2.84. The first-order valence-electron chi connectivity index (χ1n) is 8.48. The number of pyridine rings is 1. The van der Waals surface area contributed by atoms with Crippen LogP contribution < -0.4 is 5.32 Å². The third kappa shape index (κ3) is 3.39. The zero-order chi connectivity index (χ0) is 18.5. The van der Waals surface area contributed by atoms with Crippen LogP contribution in [0.3, 0.4) is 0 Å². The summed E-state index contributed by atoms with van der Waals surface area (Å²) in [6, 6.07) is 9.83. The Balaban J connectivity index is 2.22. The Hall–Kier alpha value is -2.93. The highest BCUT2D eigenvalue weighted by Gasteiger charge is 2.22. The molecule has 136 valence electrons. The number of aryl methyl sites for hydroxylation is 1. The van der Waals surface area contributed by atoms with Gasteiger partial charge in [0.1, 0.15) is 11.3 Å². The number of nitrogens with one attached hydrogen (secondary N) is 1. The lowest BCUT2D eigenvalue weighted by molar-refractivity contribution is 0.0527. The first-order valence-corrected chi connectivity index (χ1v) is 8.48. The van der Waals surface area contributed by atoms with Crippen molar-refractivity contribution in [2.75, 3.05) is 32.2 Å². The minimum atomic E-state index is -0.412. The van der Waals surface area contributed by atoms with Gasteiger partial charge in [0.05, 0.1) is 24.3 Å². The smallest absolute Gasteiger partial charge is 0.341 e. The molecule has 0 aliphatic heterocycles. The van der Waals surface area contributed by atoms with Gasteiger partial charge in [-0.2, -0.15) is 5.10 Å². The van der Waals surface area contributed by atoms with E-state index in [1.807, 2.05) is 37.4 Å². The van der Waals surface area contributed by atoms with E-state index in [9.17, 15) is 4.79 Å². The highest BCUT2D eigenvalue weighted by atomic mass is 16.5. The number of benzene rings is 1. The fraction of sp³-hybridized carbons (Fsp3) is 0.316. The molecule has 0 unspecified atom stereocenters. The van der Waals surface area contributed by atoms with Gasteiger partial charge in [-0.1, -0.05) is 30.3 Å². The summed E-state index contributed by atoms with van der Waals surface area (Å²) in [6.07, 6.45) is 1.53. The van der Waals surface area contributed by atoms with Crippen LogP contribution in [-0.4, -0.2) is 47.6 Å². The molecule has 0 atom stereocenters. The molecule has 7 nitrogen and oxygen atoms in total. The van der Waals surface area contributed by atoms with Crippen molar-refractivity contribution in [2.45, 2.75) is 6.92 Å². The summed E-state index contributed by atoms with van der Waals surface area (Å²) < 4.78 is 12.0. The number of hydrogen-bond donors (Lipinski definition) is 1. The molecule has 26 heavy (non-hydrogen) atoms. The Morgan fingerprint density at radius 3 is 2.73 bits per heavy atom. The second-order valence-corrected chi connectivity index (χ2v) is 5.72. The number of carbonyl (C=O) groups is 1. The lowest BCUT2D eigenvalue weighted by atomic mass is 10.1. The van der Waals surface area contributed by atoms with Crippen molar-refractivity contribution in [3.63, 3.8) is 0 Å². The summed E-state index contributed by atoms with van der Waals surface area (Å²) in [7, 11) is 3.47. The largest absolute Gasteiger partial charge is 0.462 e. The molecule has 0 aliphatic carbocycles. The number of rotatable bonds is 7. The number of carbonyl (C=O) groups excluding carboxylic acids is 1. The van der Waals surface area contributed by atoms with Crippen molar-refractivity contribution < 1.29 is 14.3 Å². The Kier molecular flexibility index (Phi) is 5.48. The second kappa shape index (κ2) is 7.97. The zero-order valence-electron chi connectivity index (χ0n) is 15.2. The van der Waals surface area contributed by atoms with Crippen molar-refractivity contribution in [2.24, 2.45) is 7.05 Å². The Morgan fingerprint density at radius 1 is 1.27 bits per heavy atom. The lowest BCUT2D eigenvalue weighted by Crippen LogP contribution is -2.14. The number of fused-ring (bicyclic) bond motifs is 1. The summed E-state index contributed by atoms with van der Waals surface area (Å²) >= 11 is 0. The average Bonchev–Trinajstić information content (AvgIpc) is 3.00. The number of aromatic nitrogens is 3. The molecule has 0 spiro atoms. The average molecular weight is 354 g/mol. The molecule has 2 heterocycles. The van der Waals surface area contributed by atoms with E-state index in [1.54, 1.807) is 18.7 Å². The Bertz CT molecular complexity index is 906. The minimum absolute atomic E-state index is 0.299. The molecule has 1 N–H and O–H groups in total. The van der Waals surface area contributed by atoms with E-state index < -0.39 is 5.97 Å². The topological polar surface area (TPSA) is 78.3 Å². The number of esters is 1. The van der Waals surface area contributed by atoms with Gasteiger partial charge in [-0.05, 0) is 6.92 Å². The Labute approximate surface area is 151 Å². The van der Waals surface area contributed by atoms with Crippen LogP contribution in [-0.2, 0) is 16.5 Å². The van der Waals surface area contributed by atoms with E-state index in [0.717, 1.165) is 16.6 Å². The summed E-state index contributed by atoms with van der Waals surface area (Å²) in [5.74, 6) is -0.412. The molecule has 0 bridgehead atoms. The summed E-state index contributed by atoms with van der Waals surface area (Å²) in [6.45, 7) is 3.13. The monoisotopic (exact) mass is 354 g/mol. The molecule has 0 saturated heterocycles. The van der Waals surface area contributed by atoms with Crippen LogP contribution in [0.15, 0.2) is 36.5 Å². The predicted octanol–water partition coefficient (Wildman–Crippen LogP) is 2.87. The van der Waals surface area contributed by atoms with Crippen LogP contribution in [0.1, 0.15) is 17.3 Å². The van der Waals surface area contributed by atoms with Crippen molar-refractivity contribution >= 4 is 22.7 Å². The van der Waals surface area contributed by atoms with Gasteiger partial charge in [0.15, 0.2) is 5.65 Å². The standard InChI is InChI=1S/C19H22N4O3/c1-4-26-19(24)14-12-21-18-15(17(14)20-10-11-25-3)16(22-23(18)2)13-8-6-5-7-9-13/h5-9,12H,4,10-11H2,1-3H3,(H,20,21). The van der Waals surface area contributed by atoms with E-state index in [2.05, 4.69) is 15.4 Å². The fourth-order valence-electron chi connectivity index (χ4n) is 2.84. The van der Waals surface area contributed by atoms with Gasteiger partial charge in [0.25, 0.3) is 0 Å². The molecule has 0 saturated carbocycles. The van der Waals surface area contributed by atoms with Crippen LogP contribution in [0.2, 0.25) is 0 Å². The van der Waals surface area contributed by atoms with Gasteiger partial charge < -0.3 is 14.8 Å². The van der Waals surface area contributed by atoms with Crippen LogP contribution in [0.5, 0.6) is 0 Å². The normalized spacial score (nSPS) is 10.9. The van der Waals surface area contributed by atoms with Gasteiger partial charge in [-0.3, -0.25) is 0 Å². The Morgan fingerprint density at radius 2 is 2.04 bits per heavy atom. The lowest BCUT2D eigenvalue weighted by Gasteiger charge is -2.13. The third-order valence-corrected chi connectivity index (χ3v) is 4.00. The SMILES string of the molecule is CCOC(=O)c1cnc2c(c(-c3ccccc3)nn2C)c1NCCOC. The molecule has 3 aromatic rings. The van der Waals surface area contributed by atoms with Crippen LogP contribution in [0.4, 0.5) is 5.69 Å². The second-order valence-electron chi connectivity index (χ2n) is 5.72. The maximum Gasteiger partial charge on any atom is 0.341 e. The van der Waals surface area contributed by atoms with E-state index in [4.69, 9.17) is 9.47 Å². The molecular weight excluding hydrogens is 332 g/mol. The van der Waals surface area contributed by atoms with Crippen molar-refractivity contribution in [1.82, 2.24) is 14.8 Å². The molecule has 3 rings (SSSR count). The van der Waals surface area contributed by atoms with Gasteiger partial charge >= 0.3 is 5.97 Å². The number of nitrogens with zero attached hydrogens (tertiary/aromatic N) is 3. The molecule has 0 aliphatic rings. The molecule has 7 heteroatoms. The predicted molar refractivity (Wildman–Crippen MR) is 100 cm³/mol. The quantitative estimate of drug-likeness (QED) is 0.519. The highest BCUT2D eigenvalue weighted by molar-refractivity contribution is 6.09. The van der Waals surface area contributed by atoms with E-state index >= 15 is 0 Å². The zero-order valence-corrected chi connectivity index (χ0v) is 15.2. The molecule has 0 amide bonds. The van der Waals surface area contributed by atoms with Crippen LogP contribution >= 0.6 is 0 Å². The molecule has 0 radical (unpaired) electrons. The van der Waals surface area contributed by atoms with Gasteiger partial charge in [0, 0.05) is 32.5 Å². The van der Waals surface area contributed by atoms with Gasteiger partial charge in [-0.15, -0.1) is 0 Å². The van der Waals surface area contributed by atoms with Crippen LogP contribution in [0.25, 0.3) is 22.3 Å². The molecule has 2 aromatic heterocycles. The number of hydrogen-bond acceptors (Lipinski definition) is 6. The van der Waals surface area contributed by atoms with Gasteiger partial charge in [0.2, 0.25) is 0 Å². The summed E-state index contributed by atoms with van der Waals surface area (Å²) in [5, 5.41) is 8.72. The van der Waals surface area contributed by atoms with Gasteiger partial charge in [-0.25, -0.2) is 14.5 Å². The molecular formula is C19H22N4O3. The first-order chi connectivity index (χ1) is 12.7. The van der Waals surface area contributed by atoms with E-state index in [-0.39, 0.29) is 0 Å². The minimum Gasteiger partial charge on any atom is -0.462 e. The van der Waals surface area contributed by atoms with E-state index in [0.29, 0.717) is 36.7 Å². The molecule has 0 fully saturated rings. The van der Waals surface area contributed by atoms with Crippen LogP contribution in [0, 0.1) is 0 Å². The first kappa shape index (κ1) is 17.9. The van der Waals surface area contributed by atoms with Crippen molar-refractivity contribution in [1.29, 1.82) is 0 Å². The highest BCUT2D eigenvalue weighted by Crippen LogP contribution is 2.34. The van der Waals surface area contributed by atoms with Crippen molar-refractivity contribution in [3.05, 3.63) is 42.1 Å².